The van der Waals surface area contributed by atoms with Gasteiger partial charge in [-0.25, -0.2) is 4.98 Å². The second-order valence-electron chi connectivity index (χ2n) is 4.59. The van der Waals surface area contributed by atoms with Gasteiger partial charge in [-0.3, -0.25) is 4.90 Å². The molecule has 0 aliphatic carbocycles. The maximum Gasteiger partial charge on any atom is 0.130 e. The van der Waals surface area contributed by atoms with Crippen LogP contribution in [-0.4, -0.2) is 41.2 Å². The topological polar surface area (TPSA) is 48.4 Å². The van der Waals surface area contributed by atoms with Crippen molar-refractivity contribution in [2.24, 2.45) is 0 Å². The molecule has 0 saturated heterocycles. The Morgan fingerprint density at radius 3 is 2.75 bits per heavy atom. The van der Waals surface area contributed by atoms with Crippen molar-refractivity contribution in [2.45, 2.75) is 25.9 Å². The molecule has 4 nitrogen and oxygen atoms in total. The van der Waals surface area contributed by atoms with Crippen molar-refractivity contribution in [1.29, 1.82) is 0 Å². The highest BCUT2D eigenvalue weighted by molar-refractivity contribution is 5.42. The number of rotatable bonds is 5. The summed E-state index contributed by atoms with van der Waals surface area (Å²) >= 11 is 0. The van der Waals surface area contributed by atoms with Crippen molar-refractivity contribution in [2.75, 3.05) is 26.0 Å². The SMILES string of the molecule is CNc1ncccc1CN(C)C(C)(C)CO. The zero-order valence-electron chi connectivity index (χ0n) is 10.5. The van der Waals surface area contributed by atoms with Crippen LogP contribution in [0.2, 0.25) is 0 Å². The van der Waals surface area contributed by atoms with Crippen LogP contribution in [0.3, 0.4) is 0 Å². The third-order valence-corrected chi connectivity index (χ3v) is 2.96. The van der Waals surface area contributed by atoms with Gasteiger partial charge in [-0.05, 0) is 27.0 Å². The molecule has 1 aromatic heterocycles. The minimum absolute atomic E-state index is 0.138. The molecular weight excluding hydrogens is 202 g/mol. The van der Waals surface area contributed by atoms with Crippen LogP contribution in [0.4, 0.5) is 5.82 Å². The summed E-state index contributed by atoms with van der Waals surface area (Å²) in [6.45, 7) is 4.93. The molecular formula is C12H21N3O. The molecule has 0 bridgehead atoms. The fourth-order valence-corrected chi connectivity index (χ4v) is 1.38. The molecule has 90 valence electrons. The Bertz CT molecular complexity index is 339. The molecule has 0 atom stereocenters. The zero-order chi connectivity index (χ0) is 12.2. The predicted octanol–water partition coefficient (Wildman–Crippen LogP) is 1.33. The Balaban J connectivity index is 2.80. The number of aliphatic hydroxyl groups is 1. The van der Waals surface area contributed by atoms with Crippen molar-refractivity contribution in [3.63, 3.8) is 0 Å². The third kappa shape index (κ3) is 2.93. The van der Waals surface area contributed by atoms with Gasteiger partial charge in [0.2, 0.25) is 0 Å². The molecule has 2 N–H and O–H groups in total. The van der Waals surface area contributed by atoms with E-state index >= 15 is 0 Å². The quantitative estimate of drug-likeness (QED) is 0.790. The molecule has 0 saturated carbocycles. The molecule has 16 heavy (non-hydrogen) atoms. The normalized spacial score (nSPS) is 11.9. The molecule has 0 aliphatic heterocycles. The number of likely N-dealkylation sites (N-methyl/N-ethyl adjacent to an activating group) is 1. The van der Waals surface area contributed by atoms with E-state index in [9.17, 15) is 5.11 Å². The highest BCUT2D eigenvalue weighted by Crippen LogP contribution is 2.18. The Kier molecular flexibility index (Phi) is 4.26. The minimum atomic E-state index is -0.221. The molecule has 0 fully saturated rings. The Morgan fingerprint density at radius 1 is 1.50 bits per heavy atom. The Hall–Kier alpha value is -1.13. The lowest BCUT2D eigenvalue weighted by Gasteiger charge is -2.34. The number of aromatic nitrogens is 1. The number of aliphatic hydroxyl groups excluding tert-OH is 1. The van der Waals surface area contributed by atoms with E-state index in [0.717, 1.165) is 17.9 Å². The summed E-state index contributed by atoms with van der Waals surface area (Å²) in [5.41, 5.74) is 0.912. The van der Waals surface area contributed by atoms with Crippen LogP contribution >= 0.6 is 0 Å². The number of nitrogens with one attached hydrogen (secondary N) is 1. The molecule has 1 rings (SSSR count). The van der Waals surface area contributed by atoms with Crippen LogP contribution in [0, 0.1) is 0 Å². The summed E-state index contributed by atoms with van der Waals surface area (Å²) in [6, 6.07) is 3.97. The summed E-state index contributed by atoms with van der Waals surface area (Å²) in [7, 11) is 3.87. The van der Waals surface area contributed by atoms with Gasteiger partial charge in [0.05, 0.1) is 6.61 Å². The van der Waals surface area contributed by atoms with Gasteiger partial charge in [0.15, 0.2) is 0 Å². The first-order valence-electron chi connectivity index (χ1n) is 5.45. The van der Waals surface area contributed by atoms with E-state index in [0.29, 0.717) is 0 Å². The van der Waals surface area contributed by atoms with E-state index < -0.39 is 0 Å². The largest absolute Gasteiger partial charge is 0.394 e. The van der Waals surface area contributed by atoms with Crippen LogP contribution in [0.1, 0.15) is 19.4 Å². The van der Waals surface area contributed by atoms with E-state index in [-0.39, 0.29) is 12.1 Å². The van der Waals surface area contributed by atoms with Gasteiger partial charge in [-0.15, -0.1) is 0 Å². The lowest BCUT2D eigenvalue weighted by atomic mass is 10.0. The van der Waals surface area contributed by atoms with Gasteiger partial charge in [0.25, 0.3) is 0 Å². The van der Waals surface area contributed by atoms with Gasteiger partial charge < -0.3 is 10.4 Å². The van der Waals surface area contributed by atoms with E-state index in [1.54, 1.807) is 6.20 Å². The number of nitrogens with zero attached hydrogens (tertiary/aromatic N) is 2. The first kappa shape index (κ1) is 12.9. The van der Waals surface area contributed by atoms with E-state index in [1.807, 2.05) is 40.1 Å². The van der Waals surface area contributed by atoms with Crippen molar-refractivity contribution in [1.82, 2.24) is 9.88 Å². The lowest BCUT2D eigenvalue weighted by Crippen LogP contribution is -2.43. The molecule has 0 unspecified atom stereocenters. The number of hydrogen-bond donors (Lipinski definition) is 2. The second-order valence-corrected chi connectivity index (χ2v) is 4.59. The van der Waals surface area contributed by atoms with Crippen molar-refractivity contribution < 1.29 is 5.11 Å². The van der Waals surface area contributed by atoms with Gasteiger partial charge >= 0.3 is 0 Å². The molecule has 0 radical (unpaired) electrons. The van der Waals surface area contributed by atoms with Crippen LogP contribution in [0.25, 0.3) is 0 Å². The number of anilines is 1. The number of pyridine rings is 1. The maximum absolute atomic E-state index is 9.30. The van der Waals surface area contributed by atoms with Gasteiger partial charge in [0.1, 0.15) is 5.82 Å². The van der Waals surface area contributed by atoms with Crippen LogP contribution in [0.15, 0.2) is 18.3 Å². The summed E-state index contributed by atoms with van der Waals surface area (Å²) in [5.74, 6) is 0.892. The predicted molar refractivity (Wildman–Crippen MR) is 66.4 cm³/mol. The highest BCUT2D eigenvalue weighted by Gasteiger charge is 2.22. The first-order chi connectivity index (χ1) is 7.51. The monoisotopic (exact) mass is 223 g/mol. The van der Waals surface area contributed by atoms with Crippen LogP contribution in [0.5, 0.6) is 0 Å². The van der Waals surface area contributed by atoms with Gasteiger partial charge in [-0.1, -0.05) is 6.07 Å². The third-order valence-electron chi connectivity index (χ3n) is 2.96. The van der Waals surface area contributed by atoms with Crippen molar-refractivity contribution in [3.8, 4) is 0 Å². The van der Waals surface area contributed by atoms with E-state index in [4.69, 9.17) is 0 Å². The zero-order valence-corrected chi connectivity index (χ0v) is 10.5. The average molecular weight is 223 g/mol. The molecule has 1 heterocycles. The Labute approximate surface area is 97.3 Å². The first-order valence-corrected chi connectivity index (χ1v) is 5.45. The van der Waals surface area contributed by atoms with Crippen molar-refractivity contribution >= 4 is 5.82 Å². The van der Waals surface area contributed by atoms with E-state index in [1.165, 1.54) is 0 Å². The standard InChI is InChI=1S/C12H21N3O/c1-12(2,9-16)15(4)8-10-6-5-7-14-11(10)13-3/h5-7,16H,8-9H2,1-4H3,(H,13,14). The molecule has 0 aromatic carbocycles. The fourth-order valence-electron chi connectivity index (χ4n) is 1.38. The second kappa shape index (κ2) is 5.27. The Morgan fingerprint density at radius 2 is 2.19 bits per heavy atom. The van der Waals surface area contributed by atoms with Crippen LogP contribution < -0.4 is 5.32 Å². The smallest absolute Gasteiger partial charge is 0.130 e. The molecule has 1 aromatic rings. The molecule has 4 heteroatoms. The average Bonchev–Trinajstić information content (AvgIpc) is 2.29. The molecule has 0 aliphatic rings. The van der Waals surface area contributed by atoms with Gasteiger partial charge in [0, 0.05) is 30.9 Å². The fraction of sp³-hybridized carbons (Fsp3) is 0.583. The molecule has 0 spiro atoms. The van der Waals surface area contributed by atoms with Gasteiger partial charge in [-0.2, -0.15) is 0 Å². The summed E-state index contributed by atoms with van der Waals surface area (Å²) < 4.78 is 0. The maximum atomic E-state index is 9.30. The van der Waals surface area contributed by atoms with E-state index in [2.05, 4.69) is 15.2 Å². The minimum Gasteiger partial charge on any atom is -0.394 e. The molecule has 0 amide bonds. The van der Waals surface area contributed by atoms with Crippen LogP contribution in [-0.2, 0) is 6.54 Å². The van der Waals surface area contributed by atoms with Crippen molar-refractivity contribution in [3.05, 3.63) is 23.9 Å². The highest BCUT2D eigenvalue weighted by atomic mass is 16.3. The summed E-state index contributed by atoms with van der Waals surface area (Å²) in [5, 5.41) is 12.4. The summed E-state index contributed by atoms with van der Waals surface area (Å²) in [4.78, 5) is 6.37. The lowest BCUT2D eigenvalue weighted by molar-refractivity contribution is 0.0735. The summed E-state index contributed by atoms with van der Waals surface area (Å²) in [6.07, 6.45) is 1.77. The number of hydrogen-bond acceptors (Lipinski definition) is 4.